The van der Waals surface area contributed by atoms with Gasteiger partial charge in [-0.1, -0.05) is 6.07 Å². The van der Waals surface area contributed by atoms with E-state index in [1.54, 1.807) is 43.6 Å². The first-order valence-electron chi connectivity index (χ1n) is 10.6. The zero-order valence-electron chi connectivity index (χ0n) is 17.9. The van der Waals surface area contributed by atoms with E-state index in [2.05, 4.69) is 20.6 Å². The third-order valence-electron chi connectivity index (χ3n) is 5.59. The minimum Gasteiger partial charge on any atom is -0.441 e. The highest BCUT2D eigenvalue weighted by atomic mass is 32.2. The Kier molecular flexibility index (Phi) is 6.66. The number of hydrogen-bond acceptors (Lipinski definition) is 7. The van der Waals surface area contributed by atoms with E-state index in [0.29, 0.717) is 47.9 Å². The molecule has 0 unspecified atom stereocenters. The lowest BCUT2D eigenvalue weighted by molar-refractivity contribution is 0.0951. The first kappa shape index (κ1) is 22.2. The predicted molar refractivity (Wildman–Crippen MR) is 121 cm³/mol. The van der Waals surface area contributed by atoms with Gasteiger partial charge >= 0.3 is 0 Å². The van der Waals surface area contributed by atoms with Crippen molar-refractivity contribution in [2.75, 3.05) is 13.1 Å². The Labute approximate surface area is 187 Å². The van der Waals surface area contributed by atoms with Crippen LogP contribution in [0.15, 0.2) is 53.2 Å². The molecule has 1 aromatic carbocycles. The highest BCUT2D eigenvalue weighted by molar-refractivity contribution is 7.91. The molecule has 0 saturated carbocycles. The van der Waals surface area contributed by atoms with Crippen LogP contribution in [0.2, 0.25) is 0 Å². The number of amides is 1. The van der Waals surface area contributed by atoms with Crippen molar-refractivity contribution in [1.29, 1.82) is 0 Å². The Morgan fingerprint density at radius 2 is 1.94 bits per heavy atom. The van der Waals surface area contributed by atoms with E-state index in [1.165, 1.54) is 0 Å². The second-order valence-electron chi connectivity index (χ2n) is 7.90. The molecule has 0 atom stereocenters. The largest absolute Gasteiger partial charge is 0.441 e. The van der Waals surface area contributed by atoms with E-state index in [1.807, 2.05) is 12.1 Å². The third-order valence-corrected chi connectivity index (χ3v) is 7.76. The van der Waals surface area contributed by atoms with Crippen LogP contribution in [0.25, 0.3) is 11.5 Å². The second-order valence-corrected chi connectivity index (χ2v) is 10.2. The van der Waals surface area contributed by atoms with Gasteiger partial charge < -0.3 is 15.1 Å². The number of oxazole rings is 1. The van der Waals surface area contributed by atoms with Gasteiger partial charge in [0.15, 0.2) is 9.84 Å². The van der Waals surface area contributed by atoms with Crippen molar-refractivity contribution in [2.45, 2.75) is 37.3 Å². The first-order chi connectivity index (χ1) is 15.4. The molecule has 2 N–H and O–H groups in total. The van der Waals surface area contributed by atoms with Crippen LogP contribution in [-0.2, 0) is 22.1 Å². The number of carbonyl (C=O) groups excluding carboxylic acids is 1. The highest BCUT2D eigenvalue weighted by Gasteiger charge is 2.29. The van der Waals surface area contributed by atoms with Crippen LogP contribution in [0.5, 0.6) is 0 Å². The predicted octanol–water partition coefficient (Wildman–Crippen LogP) is 2.64. The molecule has 8 nitrogen and oxygen atoms in total. The lowest BCUT2D eigenvalue weighted by Gasteiger charge is -2.22. The zero-order chi connectivity index (χ0) is 22.6. The Bertz CT molecular complexity index is 1170. The normalized spacial score (nSPS) is 14.9. The third kappa shape index (κ3) is 5.23. The fraction of sp³-hybridized carbons (Fsp3) is 0.348. The fourth-order valence-electron chi connectivity index (χ4n) is 3.70. The average Bonchev–Trinajstić information content (AvgIpc) is 3.18. The summed E-state index contributed by atoms with van der Waals surface area (Å²) < 4.78 is 31.3. The molecule has 32 heavy (non-hydrogen) atoms. The summed E-state index contributed by atoms with van der Waals surface area (Å²) in [5.74, 6) is 0.524. The zero-order valence-corrected chi connectivity index (χ0v) is 18.7. The number of hydrogen-bond donors (Lipinski definition) is 2. The number of piperidine rings is 1. The number of sulfone groups is 1. The van der Waals surface area contributed by atoms with Crippen molar-refractivity contribution < 1.29 is 17.6 Å². The van der Waals surface area contributed by atoms with Crippen molar-refractivity contribution in [1.82, 2.24) is 20.6 Å². The van der Waals surface area contributed by atoms with Gasteiger partial charge in [0, 0.05) is 30.1 Å². The van der Waals surface area contributed by atoms with E-state index >= 15 is 0 Å². The monoisotopic (exact) mass is 454 g/mol. The Hall–Kier alpha value is -3.04. The molecule has 1 saturated heterocycles. The van der Waals surface area contributed by atoms with Gasteiger partial charge in [0.25, 0.3) is 5.91 Å². The molecule has 9 heteroatoms. The summed E-state index contributed by atoms with van der Waals surface area (Å²) in [6.45, 7) is 3.55. The standard InChI is InChI=1S/C23H26N4O4S/c1-16-21(15-32(29,30)20-8-11-24-12-9-20)27-23(31-16)19-6-4-18(5-7-19)22(28)26-14-17-3-2-10-25-13-17/h2-7,10,13,20,24H,8-9,11-12,14-15H2,1H3,(H,26,28). The molecule has 0 aliphatic carbocycles. The second kappa shape index (κ2) is 9.62. The van der Waals surface area contributed by atoms with E-state index in [9.17, 15) is 13.2 Å². The number of pyridine rings is 1. The molecule has 1 aliphatic rings. The van der Waals surface area contributed by atoms with Crippen molar-refractivity contribution in [2.24, 2.45) is 0 Å². The molecule has 3 heterocycles. The lowest BCUT2D eigenvalue weighted by Crippen LogP contribution is -2.36. The molecule has 2 aromatic heterocycles. The number of aryl methyl sites for hydroxylation is 1. The molecule has 1 aliphatic heterocycles. The molecule has 0 bridgehead atoms. The SMILES string of the molecule is Cc1oc(-c2ccc(C(=O)NCc3cccnc3)cc2)nc1CS(=O)(=O)C1CCNCC1. The minimum absolute atomic E-state index is 0.123. The summed E-state index contributed by atoms with van der Waals surface area (Å²) in [6, 6.07) is 10.6. The summed E-state index contributed by atoms with van der Waals surface area (Å²) in [7, 11) is -3.29. The smallest absolute Gasteiger partial charge is 0.251 e. The maximum Gasteiger partial charge on any atom is 0.251 e. The average molecular weight is 455 g/mol. The van der Waals surface area contributed by atoms with Crippen molar-refractivity contribution in [3.05, 3.63) is 71.4 Å². The van der Waals surface area contributed by atoms with Gasteiger partial charge in [0.2, 0.25) is 5.89 Å². The topological polar surface area (TPSA) is 114 Å². The van der Waals surface area contributed by atoms with Crippen LogP contribution in [-0.4, -0.2) is 42.6 Å². The summed E-state index contributed by atoms with van der Waals surface area (Å²) in [6.07, 6.45) is 4.63. The van der Waals surface area contributed by atoms with Gasteiger partial charge in [0.1, 0.15) is 5.76 Å². The van der Waals surface area contributed by atoms with E-state index in [-0.39, 0.29) is 16.9 Å². The highest BCUT2D eigenvalue weighted by Crippen LogP contribution is 2.25. The van der Waals surface area contributed by atoms with Crippen LogP contribution >= 0.6 is 0 Å². The van der Waals surface area contributed by atoms with Gasteiger partial charge in [0.05, 0.1) is 16.7 Å². The summed E-state index contributed by atoms with van der Waals surface area (Å²) in [4.78, 5) is 20.9. The molecular formula is C23H26N4O4S. The molecule has 3 aromatic rings. The summed E-state index contributed by atoms with van der Waals surface area (Å²) in [5, 5.41) is 5.70. The first-order valence-corrected chi connectivity index (χ1v) is 12.3. The van der Waals surface area contributed by atoms with E-state index in [4.69, 9.17) is 4.42 Å². The van der Waals surface area contributed by atoms with Gasteiger partial charge in [-0.15, -0.1) is 0 Å². The fourth-order valence-corrected chi connectivity index (χ4v) is 5.54. The van der Waals surface area contributed by atoms with Crippen LogP contribution in [0.3, 0.4) is 0 Å². The van der Waals surface area contributed by atoms with Crippen molar-refractivity contribution in [3.8, 4) is 11.5 Å². The number of aromatic nitrogens is 2. The quantitative estimate of drug-likeness (QED) is 0.564. The number of nitrogens with one attached hydrogen (secondary N) is 2. The molecule has 1 fully saturated rings. The Morgan fingerprint density at radius 3 is 2.62 bits per heavy atom. The van der Waals surface area contributed by atoms with Crippen molar-refractivity contribution >= 4 is 15.7 Å². The van der Waals surface area contributed by atoms with Crippen LogP contribution in [0.1, 0.15) is 40.2 Å². The summed E-state index contributed by atoms with van der Waals surface area (Å²) in [5.41, 5.74) is 2.55. The summed E-state index contributed by atoms with van der Waals surface area (Å²) >= 11 is 0. The minimum atomic E-state index is -3.29. The molecule has 1 amide bonds. The molecule has 4 rings (SSSR count). The number of nitrogens with zero attached hydrogens (tertiary/aromatic N) is 2. The lowest BCUT2D eigenvalue weighted by atomic mass is 10.1. The molecule has 168 valence electrons. The number of rotatable bonds is 7. The maximum atomic E-state index is 12.8. The van der Waals surface area contributed by atoms with Gasteiger partial charge in [-0.3, -0.25) is 9.78 Å². The van der Waals surface area contributed by atoms with Gasteiger partial charge in [-0.05, 0) is 68.8 Å². The van der Waals surface area contributed by atoms with Crippen molar-refractivity contribution in [3.63, 3.8) is 0 Å². The number of carbonyl (C=O) groups is 1. The van der Waals surface area contributed by atoms with Crippen LogP contribution in [0.4, 0.5) is 0 Å². The van der Waals surface area contributed by atoms with Crippen LogP contribution in [0, 0.1) is 6.92 Å². The van der Waals surface area contributed by atoms with Crippen LogP contribution < -0.4 is 10.6 Å². The van der Waals surface area contributed by atoms with Gasteiger partial charge in [-0.25, -0.2) is 13.4 Å². The maximum absolute atomic E-state index is 12.8. The number of benzene rings is 1. The molecule has 0 radical (unpaired) electrons. The molecular weight excluding hydrogens is 428 g/mol. The Balaban J connectivity index is 1.42. The van der Waals surface area contributed by atoms with E-state index in [0.717, 1.165) is 18.7 Å². The Morgan fingerprint density at radius 1 is 1.19 bits per heavy atom. The van der Waals surface area contributed by atoms with Gasteiger partial charge in [-0.2, -0.15) is 0 Å². The molecule has 0 spiro atoms. The van der Waals surface area contributed by atoms with E-state index < -0.39 is 9.84 Å².